The molecule has 2 aliphatic carbocycles. The molecule has 8 heteroatoms. The van der Waals surface area contributed by atoms with Crippen molar-refractivity contribution < 1.29 is 24.3 Å². The minimum atomic E-state index is -0.179. The third-order valence-electron chi connectivity index (χ3n) is 6.73. The maximum absolute atomic E-state index is 12.7. The summed E-state index contributed by atoms with van der Waals surface area (Å²) in [5.41, 5.74) is 0. The van der Waals surface area contributed by atoms with E-state index in [2.05, 4.69) is 23.4 Å². The van der Waals surface area contributed by atoms with Crippen LogP contribution in [0.15, 0.2) is 12.2 Å². The van der Waals surface area contributed by atoms with Crippen LogP contribution in [0.5, 0.6) is 0 Å². The summed E-state index contributed by atoms with van der Waals surface area (Å²) in [6, 6.07) is 0. The maximum atomic E-state index is 12.7. The number of rotatable bonds is 13. The van der Waals surface area contributed by atoms with Crippen molar-refractivity contribution in [3.8, 4) is 12.3 Å². The molecular weight excluding hydrogens is 410 g/mol. The van der Waals surface area contributed by atoms with E-state index in [-0.39, 0.29) is 73.4 Å². The van der Waals surface area contributed by atoms with Crippen LogP contribution in [0.4, 0.5) is 0 Å². The number of allylic oxidation sites excluding steroid dienone is 2. The van der Waals surface area contributed by atoms with Crippen LogP contribution in [-0.4, -0.2) is 71.3 Å². The Kier molecular flexibility index (Phi) is 8.46. The van der Waals surface area contributed by atoms with Gasteiger partial charge < -0.3 is 15.3 Å². The first-order chi connectivity index (χ1) is 15.5. The molecule has 1 saturated heterocycles. The summed E-state index contributed by atoms with van der Waals surface area (Å²) < 4.78 is 0. The van der Waals surface area contributed by atoms with Gasteiger partial charge in [-0.15, -0.1) is 6.42 Å². The lowest BCUT2D eigenvalue weighted by atomic mass is 9.85. The third kappa shape index (κ3) is 5.39. The Labute approximate surface area is 189 Å². The smallest absolute Gasteiger partial charge is 0.233 e. The van der Waals surface area contributed by atoms with E-state index in [1.54, 1.807) is 0 Å². The van der Waals surface area contributed by atoms with Gasteiger partial charge in [-0.2, -0.15) is 0 Å². The minimum absolute atomic E-state index is 0.0153. The summed E-state index contributed by atoms with van der Waals surface area (Å²) in [6.45, 7) is 1.24. The lowest BCUT2D eigenvalue weighted by Crippen LogP contribution is -2.36. The highest BCUT2D eigenvalue weighted by atomic mass is 16.3. The highest BCUT2D eigenvalue weighted by Gasteiger charge is 2.58. The largest absolute Gasteiger partial charge is 0.396 e. The van der Waals surface area contributed by atoms with Crippen LogP contribution in [-0.2, 0) is 19.2 Å². The second kappa shape index (κ2) is 11.3. The van der Waals surface area contributed by atoms with Crippen LogP contribution in [0.3, 0.4) is 0 Å². The summed E-state index contributed by atoms with van der Waals surface area (Å²) >= 11 is 0. The number of aliphatic hydroxyl groups is 1. The van der Waals surface area contributed by atoms with E-state index in [4.69, 9.17) is 11.5 Å². The van der Waals surface area contributed by atoms with Gasteiger partial charge in [0.25, 0.3) is 0 Å². The Balaban J connectivity index is 1.34. The molecule has 174 valence electrons. The van der Waals surface area contributed by atoms with Gasteiger partial charge in [-0.3, -0.25) is 24.1 Å². The molecule has 4 atom stereocenters. The Morgan fingerprint density at radius 2 is 1.78 bits per heavy atom. The first kappa shape index (κ1) is 24.0. The van der Waals surface area contributed by atoms with Crippen LogP contribution in [0.1, 0.15) is 44.9 Å². The molecule has 3 aliphatic rings. The number of nitrogens with one attached hydrogen (secondary N) is 1. The maximum Gasteiger partial charge on any atom is 0.233 e. The zero-order chi connectivity index (χ0) is 23.1. The molecule has 2 N–H and O–H groups in total. The number of hydrogen-bond donors (Lipinski definition) is 2. The van der Waals surface area contributed by atoms with Gasteiger partial charge in [-0.05, 0) is 37.5 Å². The molecule has 0 unspecified atom stereocenters. The van der Waals surface area contributed by atoms with E-state index >= 15 is 0 Å². The summed E-state index contributed by atoms with van der Waals surface area (Å²) in [6.07, 6.45) is 13.5. The molecule has 1 aliphatic heterocycles. The summed E-state index contributed by atoms with van der Waals surface area (Å²) in [5.74, 6) is 2.27. The second-order valence-corrected chi connectivity index (χ2v) is 8.84. The van der Waals surface area contributed by atoms with Gasteiger partial charge in [0.1, 0.15) is 0 Å². The van der Waals surface area contributed by atoms with Gasteiger partial charge in [0.15, 0.2) is 0 Å². The summed E-state index contributed by atoms with van der Waals surface area (Å²) in [7, 11) is 0. The first-order valence-electron chi connectivity index (χ1n) is 11.6. The fraction of sp³-hybridized carbons (Fsp3) is 0.667. The van der Waals surface area contributed by atoms with Gasteiger partial charge in [-0.25, -0.2) is 0 Å². The molecule has 4 amide bonds. The zero-order valence-corrected chi connectivity index (χ0v) is 18.5. The molecule has 2 bridgehead atoms. The lowest BCUT2D eigenvalue weighted by Gasteiger charge is -2.20. The van der Waals surface area contributed by atoms with Crippen molar-refractivity contribution >= 4 is 23.6 Å². The predicted molar refractivity (Wildman–Crippen MR) is 118 cm³/mol. The molecule has 0 spiro atoms. The van der Waals surface area contributed by atoms with E-state index in [9.17, 15) is 19.2 Å². The van der Waals surface area contributed by atoms with Crippen molar-refractivity contribution in [1.82, 2.24) is 15.1 Å². The number of carbonyl (C=O) groups excluding carboxylic acids is 4. The van der Waals surface area contributed by atoms with E-state index in [0.717, 1.165) is 12.8 Å². The number of hydrogen-bond acceptors (Lipinski definition) is 5. The molecule has 0 aromatic carbocycles. The normalized spacial score (nSPS) is 25.2. The Hall–Kier alpha value is -2.66. The summed E-state index contributed by atoms with van der Waals surface area (Å²) in [4.78, 5) is 52.6. The van der Waals surface area contributed by atoms with Crippen LogP contribution in [0.2, 0.25) is 0 Å². The highest BCUT2D eigenvalue weighted by molar-refractivity contribution is 6.06. The van der Waals surface area contributed by atoms with Crippen LogP contribution < -0.4 is 5.32 Å². The van der Waals surface area contributed by atoms with E-state index in [0.29, 0.717) is 38.8 Å². The van der Waals surface area contributed by atoms with Gasteiger partial charge in [0.2, 0.25) is 23.6 Å². The predicted octanol–water partition coefficient (Wildman–Crippen LogP) is 0.704. The van der Waals surface area contributed by atoms with Crippen molar-refractivity contribution in [2.45, 2.75) is 44.9 Å². The van der Waals surface area contributed by atoms with Crippen molar-refractivity contribution in [3.63, 3.8) is 0 Å². The van der Waals surface area contributed by atoms with Gasteiger partial charge in [0, 0.05) is 39.1 Å². The monoisotopic (exact) mass is 443 g/mol. The van der Waals surface area contributed by atoms with Crippen molar-refractivity contribution in [2.75, 3.05) is 32.8 Å². The quantitative estimate of drug-likeness (QED) is 0.189. The topological polar surface area (TPSA) is 107 Å². The van der Waals surface area contributed by atoms with Gasteiger partial charge >= 0.3 is 0 Å². The fourth-order valence-corrected chi connectivity index (χ4v) is 5.10. The number of imide groups is 1. The van der Waals surface area contributed by atoms with Crippen LogP contribution in [0.25, 0.3) is 0 Å². The minimum Gasteiger partial charge on any atom is -0.396 e. The number of terminal acetylenes is 1. The van der Waals surface area contributed by atoms with E-state index < -0.39 is 0 Å². The molecule has 3 rings (SSSR count). The third-order valence-corrected chi connectivity index (χ3v) is 6.73. The highest BCUT2D eigenvalue weighted by Crippen LogP contribution is 2.52. The number of carbonyl (C=O) groups is 4. The first-order valence-corrected chi connectivity index (χ1v) is 11.6. The van der Waals surface area contributed by atoms with Gasteiger partial charge in [0.05, 0.1) is 18.4 Å². The SMILES string of the molecule is C#CCN(CCC(=O)NCCCO)C(=O)CCCCCN1C(=O)[C@@H]2[C@H](C1=O)[C@H]1C=C[C@@H]2C1. The molecule has 0 radical (unpaired) electrons. The Morgan fingerprint density at radius 1 is 1.09 bits per heavy atom. The van der Waals surface area contributed by atoms with Crippen LogP contribution in [0, 0.1) is 36.0 Å². The molecule has 8 nitrogen and oxygen atoms in total. The molecule has 1 saturated carbocycles. The fourth-order valence-electron chi connectivity index (χ4n) is 5.10. The number of likely N-dealkylation sites (tertiary alicyclic amines) is 1. The lowest BCUT2D eigenvalue weighted by molar-refractivity contribution is -0.141. The second-order valence-electron chi connectivity index (χ2n) is 8.84. The number of fused-ring (bicyclic) bond motifs is 5. The average molecular weight is 444 g/mol. The Morgan fingerprint density at radius 3 is 2.41 bits per heavy atom. The number of amides is 4. The van der Waals surface area contributed by atoms with Crippen molar-refractivity contribution in [3.05, 3.63) is 12.2 Å². The Bertz CT molecular complexity index is 772. The average Bonchev–Trinajstić information content (AvgIpc) is 3.46. The number of nitrogens with zero attached hydrogens (tertiary/aromatic N) is 2. The zero-order valence-electron chi connectivity index (χ0n) is 18.5. The van der Waals surface area contributed by atoms with E-state index in [1.807, 2.05) is 0 Å². The summed E-state index contributed by atoms with van der Waals surface area (Å²) in [5, 5.41) is 11.4. The molecule has 0 aromatic rings. The number of aliphatic hydroxyl groups excluding tert-OH is 1. The molecular formula is C24H33N3O5. The number of unbranched alkanes of at least 4 members (excludes halogenated alkanes) is 2. The van der Waals surface area contributed by atoms with Crippen LogP contribution >= 0.6 is 0 Å². The standard InChI is InChI=1S/C24H33N3O5/c1-2-12-26(14-10-19(29)25-11-6-15-28)20(30)7-4-3-5-13-27-23(31)21-17-8-9-18(16-17)22(21)24(27)32/h1,8-9,17-18,21-22,28H,3-7,10-16H2,(H,25,29)/t17-,18+,21+,22-. The molecule has 2 fully saturated rings. The van der Waals surface area contributed by atoms with E-state index in [1.165, 1.54) is 9.80 Å². The molecule has 32 heavy (non-hydrogen) atoms. The van der Waals surface area contributed by atoms with Gasteiger partial charge in [-0.1, -0.05) is 24.5 Å². The van der Waals surface area contributed by atoms with Crippen molar-refractivity contribution in [2.24, 2.45) is 23.7 Å². The molecule has 0 aromatic heterocycles. The van der Waals surface area contributed by atoms with Crippen molar-refractivity contribution in [1.29, 1.82) is 0 Å². The molecule has 1 heterocycles.